The molecular formula is C17H18N8O6. The summed E-state index contributed by atoms with van der Waals surface area (Å²) < 4.78 is 6.91. The van der Waals surface area contributed by atoms with Crippen LogP contribution < -0.4 is 11.2 Å². The van der Waals surface area contributed by atoms with Crippen LogP contribution in [0.4, 0.5) is 17.5 Å². The first kappa shape index (κ1) is 20.5. The van der Waals surface area contributed by atoms with Crippen LogP contribution in [0.5, 0.6) is 0 Å². The minimum atomic E-state index is -1.40. The minimum Gasteiger partial charge on any atom is -0.394 e. The van der Waals surface area contributed by atoms with Gasteiger partial charge in [0.15, 0.2) is 23.2 Å². The number of hydrogen-bond donors (Lipinski definition) is 5. The Morgan fingerprint density at radius 1 is 1.35 bits per heavy atom. The molecule has 14 nitrogen and oxygen atoms in total. The molecule has 0 bridgehead atoms. The fraction of sp³-hybridized carbons (Fsp3) is 0.294. The number of nitrogen functional groups attached to an aromatic ring is 1. The number of nitro benzene ring substituents is 1. The number of fused-ring (bicyclic) bond motifs is 1. The van der Waals surface area contributed by atoms with Crippen molar-refractivity contribution in [2.75, 3.05) is 17.8 Å². The summed E-state index contributed by atoms with van der Waals surface area (Å²) in [5.41, 5.74) is 9.30. The number of aromatic nitrogens is 4. The number of aliphatic hydroxyl groups is 3. The molecule has 1 aromatic carbocycles. The van der Waals surface area contributed by atoms with Gasteiger partial charge in [-0.3, -0.25) is 14.7 Å². The maximum absolute atomic E-state index is 10.9. The fourth-order valence-corrected chi connectivity index (χ4v) is 3.22. The van der Waals surface area contributed by atoms with E-state index in [2.05, 4.69) is 25.5 Å². The number of nitrogens with two attached hydrogens (primary N) is 1. The summed E-state index contributed by atoms with van der Waals surface area (Å²) in [7, 11) is 0. The molecule has 0 saturated carbocycles. The molecule has 0 amide bonds. The van der Waals surface area contributed by atoms with Crippen molar-refractivity contribution in [2.45, 2.75) is 24.5 Å². The average Bonchev–Trinajstić information content (AvgIpc) is 3.26. The summed E-state index contributed by atoms with van der Waals surface area (Å²) >= 11 is 0. The van der Waals surface area contributed by atoms with Crippen LogP contribution >= 0.6 is 0 Å². The first-order chi connectivity index (χ1) is 14.9. The largest absolute Gasteiger partial charge is 0.394 e. The van der Waals surface area contributed by atoms with Gasteiger partial charge in [0.2, 0.25) is 5.95 Å². The van der Waals surface area contributed by atoms with Gasteiger partial charge in [0.05, 0.1) is 17.7 Å². The maximum Gasteiger partial charge on any atom is 0.270 e. The van der Waals surface area contributed by atoms with E-state index in [0.717, 1.165) is 0 Å². The van der Waals surface area contributed by atoms with Gasteiger partial charge in [-0.25, -0.2) is 20.4 Å². The molecule has 2 aromatic heterocycles. The van der Waals surface area contributed by atoms with Gasteiger partial charge in [-0.15, -0.1) is 0 Å². The van der Waals surface area contributed by atoms with Gasteiger partial charge in [0.25, 0.3) is 5.69 Å². The highest BCUT2D eigenvalue weighted by atomic mass is 16.6. The van der Waals surface area contributed by atoms with Crippen LogP contribution in [0, 0.1) is 10.1 Å². The van der Waals surface area contributed by atoms with Crippen molar-refractivity contribution >= 4 is 34.8 Å². The van der Waals surface area contributed by atoms with Gasteiger partial charge in [-0.2, -0.15) is 5.10 Å². The van der Waals surface area contributed by atoms with Gasteiger partial charge < -0.3 is 25.8 Å². The molecule has 0 spiro atoms. The summed E-state index contributed by atoms with van der Waals surface area (Å²) in [6.45, 7) is -0.508. The number of nitro groups is 1. The number of nitrogens with zero attached hydrogens (tertiary/aromatic N) is 6. The average molecular weight is 430 g/mol. The standard InChI is InChI=1S/C17H18N8O6/c18-14-11-15(20-7-19-14)24(16-13(28)12(27)10(6-26)31-16)17(22-11)23-21-5-8-2-1-3-9(4-8)25(29)30/h1-5,7,10,12-13,16,26-28H,6H2,(H,22,23)(H2,18,19,20)/b21-5+. The predicted octanol–water partition coefficient (Wildman–Crippen LogP) is -0.626. The van der Waals surface area contributed by atoms with Crippen molar-refractivity contribution in [3.63, 3.8) is 0 Å². The van der Waals surface area contributed by atoms with Crippen LogP contribution in [-0.2, 0) is 4.74 Å². The molecule has 162 valence electrons. The van der Waals surface area contributed by atoms with Gasteiger partial charge in [0.1, 0.15) is 24.6 Å². The van der Waals surface area contributed by atoms with E-state index in [-0.39, 0.29) is 28.6 Å². The first-order valence-corrected chi connectivity index (χ1v) is 9.05. The van der Waals surface area contributed by atoms with Gasteiger partial charge in [-0.1, -0.05) is 12.1 Å². The Balaban J connectivity index is 1.69. The molecule has 14 heteroatoms. The van der Waals surface area contributed by atoms with E-state index >= 15 is 0 Å². The zero-order valence-corrected chi connectivity index (χ0v) is 15.8. The lowest BCUT2D eigenvalue weighted by molar-refractivity contribution is -0.384. The lowest BCUT2D eigenvalue weighted by atomic mass is 10.1. The molecule has 4 atom stereocenters. The van der Waals surface area contributed by atoms with Crippen LogP contribution in [0.2, 0.25) is 0 Å². The molecule has 3 heterocycles. The number of hydrogen-bond acceptors (Lipinski definition) is 12. The van der Waals surface area contributed by atoms with Crippen molar-refractivity contribution in [3.05, 3.63) is 46.3 Å². The summed E-state index contributed by atoms with van der Waals surface area (Å²) in [5.74, 6) is 0.125. The van der Waals surface area contributed by atoms with Gasteiger partial charge >= 0.3 is 0 Å². The minimum absolute atomic E-state index is 0.0544. The number of aliphatic hydroxyl groups excluding tert-OH is 3. The number of hydrazone groups is 1. The number of nitrogens with one attached hydrogen (secondary N) is 1. The van der Waals surface area contributed by atoms with Crippen LogP contribution in [0.25, 0.3) is 11.2 Å². The van der Waals surface area contributed by atoms with E-state index < -0.39 is 36.1 Å². The molecule has 0 aliphatic carbocycles. The molecule has 4 unspecified atom stereocenters. The van der Waals surface area contributed by atoms with Gasteiger partial charge in [-0.05, 0) is 0 Å². The maximum atomic E-state index is 10.9. The van der Waals surface area contributed by atoms with Crippen molar-refractivity contribution in [1.29, 1.82) is 0 Å². The van der Waals surface area contributed by atoms with Crippen molar-refractivity contribution in [1.82, 2.24) is 19.5 Å². The summed E-state index contributed by atoms with van der Waals surface area (Å²) in [5, 5.41) is 44.9. The molecule has 1 aliphatic rings. The fourth-order valence-electron chi connectivity index (χ4n) is 3.22. The van der Waals surface area contributed by atoms with Crippen LogP contribution in [0.1, 0.15) is 11.8 Å². The summed E-state index contributed by atoms with van der Waals surface area (Å²) in [6.07, 6.45) is -2.37. The molecule has 1 aliphatic heterocycles. The molecular weight excluding hydrogens is 412 g/mol. The molecule has 1 saturated heterocycles. The summed E-state index contributed by atoms with van der Waals surface area (Å²) in [6, 6.07) is 5.83. The molecule has 4 rings (SSSR count). The Bertz CT molecular complexity index is 1150. The van der Waals surface area contributed by atoms with Crippen LogP contribution in [-0.4, -0.2) is 70.9 Å². The van der Waals surface area contributed by atoms with E-state index in [0.29, 0.717) is 5.56 Å². The number of anilines is 2. The molecule has 6 N–H and O–H groups in total. The number of imidazole rings is 1. The predicted molar refractivity (Wildman–Crippen MR) is 107 cm³/mol. The topological polar surface area (TPSA) is 207 Å². The zero-order chi connectivity index (χ0) is 22.1. The Morgan fingerprint density at radius 2 is 2.16 bits per heavy atom. The van der Waals surface area contributed by atoms with E-state index in [1.165, 1.54) is 35.3 Å². The Kier molecular flexibility index (Phi) is 5.43. The van der Waals surface area contributed by atoms with Crippen molar-refractivity contribution in [2.24, 2.45) is 5.10 Å². The molecule has 31 heavy (non-hydrogen) atoms. The first-order valence-electron chi connectivity index (χ1n) is 9.05. The molecule has 1 fully saturated rings. The van der Waals surface area contributed by atoms with Crippen molar-refractivity contribution in [3.8, 4) is 0 Å². The third-order valence-electron chi connectivity index (χ3n) is 4.74. The number of rotatable bonds is 6. The van der Waals surface area contributed by atoms with Crippen LogP contribution in [0.15, 0.2) is 35.7 Å². The van der Waals surface area contributed by atoms with E-state index in [1.54, 1.807) is 6.07 Å². The Morgan fingerprint density at radius 3 is 2.87 bits per heavy atom. The molecule has 0 radical (unpaired) electrons. The number of ether oxygens (including phenoxy) is 1. The van der Waals surface area contributed by atoms with E-state index in [4.69, 9.17) is 10.5 Å². The third-order valence-corrected chi connectivity index (χ3v) is 4.74. The zero-order valence-electron chi connectivity index (χ0n) is 15.8. The smallest absolute Gasteiger partial charge is 0.270 e. The Hall–Kier alpha value is -3.72. The van der Waals surface area contributed by atoms with E-state index in [9.17, 15) is 25.4 Å². The van der Waals surface area contributed by atoms with Crippen molar-refractivity contribution < 1.29 is 25.0 Å². The highest BCUT2D eigenvalue weighted by Crippen LogP contribution is 2.35. The third kappa shape index (κ3) is 3.75. The quantitative estimate of drug-likeness (QED) is 0.189. The Labute approximate surface area is 173 Å². The van der Waals surface area contributed by atoms with Crippen LogP contribution in [0.3, 0.4) is 0 Å². The highest BCUT2D eigenvalue weighted by molar-refractivity contribution is 5.85. The second-order valence-corrected chi connectivity index (χ2v) is 6.69. The van der Waals surface area contributed by atoms with E-state index in [1.807, 2.05) is 0 Å². The lowest BCUT2D eigenvalue weighted by Gasteiger charge is -2.18. The molecule has 3 aromatic rings. The monoisotopic (exact) mass is 430 g/mol. The highest BCUT2D eigenvalue weighted by Gasteiger charge is 2.45. The second-order valence-electron chi connectivity index (χ2n) is 6.69. The SMILES string of the molecule is Nc1ncnc2c1nc(N/N=C/c1cccc([N+](=O)[O-])c1)n2C1OC(CO)C(O)C1O. The second kappa shape index (κ2) is 8.19. The lowest BCUT2D eigenvalue weighted by Crippen LogP contribution is -2.33. The number of benzene rings is 1. The normalized spacial score (nSPS) is 23.6. The van der Waals surface area contributed by atoms with Gasteiger partial charge in [0, 0.05) is 17.7 Å². The summed E-state index contributed by atoms with van der Waals surface area (Å²) in [4.78, 5) is 22.7. The number of non-ortho nitro benzene ring substituents is 1.